The van der Waals surface area contributed by atoms with Crippen LogP contribution in [0.2, 0.25) is 0 Å². The number of carbonyl (C=O) groups is 1. The average Bonchev–Trinajstić information content (AvgIpc) is 2.83. The van der Waals surface area contributed by atoms with Crippen LogP contribution in [-0.4, -0.2) is 56.1 Å². The molecule has 1 aromatic rings. The molecule has 2 heterocycles. The van der Waals surface area contributed by atoms with E-state index >= 15 is 0 Å². The van der Waals surface area contributed by atoms with Crippen LogP contribution in [0.25, 0.3) is 4.91 Å². The lowest BCUT2D eigenvalue weighted by molar-refractivity contribution is -0.131. The van der Waals surface area contributed by atoms with Crippen molar-refractivity contribution < 1.29 is 13.2 Å². The van der Waals surface area contributed by atoms with Crippen LogP contribution in [0, 0.1) is 5.92 Å². The number of amides is 1. The van der Waals surface area contributed by atoms with E-state index < -0.39 is 10.0 Å². The lowest BCUT2D eigenvalue weighted by atomic mass is 10.0. The van der Waals surface area contributed by atoms with Crippen molar-refractivity contribution in [1.29, 1.82) is 0 Å². The lowest BCUT2D eigenvalue weighted by Gasteiger charge is -2.24. The van der Waals surface area contributed by atoms with E-state index in [2.05, 4.69) is 18.2 Å². The van der Waals surface area contributed by atoms with Gasteiger partial charge in [0.15, 0.2) is 0 Å². The molecule has 0 spiro atoms. The molecule has 0 N–H and O–H groups in total. The third kappa shape index (κ3) is 4.29. The van der Waals surface area contributed by atoms with Crippen LogP contribution in [-0.2, 0) is 14.8 Å². The molecule has 0 radical (unpaired) electrons. The van der Waals surface area contributed by atoms with Gasteiger partial charge in [0.1, 0.15) is 10.7 Å². The highest BCUT2D eigenvalue weighted by Gasteiger charge is 2.34. The van der Waals surface area contributed by atoms with Gasteiger partial charge in [-0.3, -0.25) is 4.79 Å². The van der Waals surface area contributed by atoms with Crippen molar-refractivity contribution in [3.63, 3.8) is 0 Å². The number of sulfonamides is 1. The maximum Gasteiger partial charge on any atom is 0.285 e. The van der Waals surface area contributed by atoms with Crippen LogP contribution in [0.3, 0.4) is 0 Å². The third-order valence-corrected chi connectivity index (χ3v) is 7.02. The zero-order valence-electron chi connectivity index (χ0n) is 16.9. The van der Waals surface area contributed by atoms with E-state index in [9.17, 15) is 13.2 Å². The predicted molar refractivity (Wildman–Crippen MR) is 112 cm³/mol. The normalized spacial score (nSPS) is 20.8. The number of hydrogen-bond donors (Lipinski definition) is 0. The van der Waals surface area contributed by atoms with Gasteiger partial charge in [0.2, 0.25) is 5.91 Å². The first kappa shape index (κ1) is 20.6. The van der Waals surface area contributed by atoms with Crippen LogP contribution < -0.4 is 0 Å². The number of carbonyl (C=O) groups excluding carboxylic acids is 1. The minimum Gasteiger partial charge on any atom is -0.354 e. The maximum atomic E-state index is 12.7. The molecule has 7 heteroatoms. The standard InChI is InChI=1S/C21H29N3O3S/c1-4-16(2)15-19(25)23-11-8-12-24(14-13-23)21-17(3)20(28(26,27)22-21)18-9-6-5-7-10-18/h5-7,9-10,16H,4,8,11-15H2,1-3H3. The molecule has 0 saturated carbocycles. The van der Waals surface area contributed by atoms with E-state index in [0.717, 1.165) is 12.8 Å². The molecule has 1 atom stereocenters. The molecule has 1 amide bonds. The molecule has 1 saturated heterocycles. The van der Waals surface area contributed by atoms with Gasteiger partial charge < -0.3 is 9.80 Å². The van der Waals surface area contributed by atoms with E-state index in [1.807, 2.05) is 34.9 Å². The Balaban J connectivity index is 1.77. The van der Waals surface area contributed by atoms with Crippen molar-refractivity contribution in [3.05, 3.63) is 41.5 Å². The highest BCUT2D eigenvalue weighted by Crippen LogP contribution is 2.33. The fraction of sp³-hybridized carbons (Fsp3) is 0.524. The van der Waals surface area contributed by atoms with Gasteiger partial charge in [-0.05, 0) is 24.8 Å². The Labute approximate surface area is 168 Å². The summed E-state index contributed by atoms with van der Waals surface area (Å²) in [7, 11) is -3.70. The molecule has 0 bridgehead atoms. The van der Waals surface area contributed by atoms with Crippen LogP contribution in [0.5, 0.6) is 0 Å². The van der Waals surface area contributed by atoms with E-state index in [-0.39, 0.29) is 10.8 Å². The zero-order chi connectivity index (χ0) is 20.3. The van der Waals surface area contributed by atoms with Crippen molar-refractivity contribution in [2.24, 2.45) is 10.3 Å². The lowest BCUT2D eigenvalue weighted by Crippen LogP contribution is -2.37. The van der Waals surface area contributed by atoms with Crippen molar-refractivity contribution in [3.8, 4) is 0 Å². The third-order valence-electron chi connectivity index (χ3n) is 5.54. The number of benzene rings is 1. The number of nitrogens with zero attached hydrogens (tertiary/aromatic N) is 3. The monoisotopic (exact) mass is 403 g/mol. The Morgan fingerprint density at radius 3 is 2.54 bits per heavy atom. The van der Waals surface area contributed by atoms with Crippen LogP contribution in [0.15, 0.2) is 40.3 Å². The van der Waals surface area contributed by atoms with E-state index in [1.54, 1.807) is 12.1 Å². The molecule has 0 aliphatic carbocycles. The minimum atomic E-state index is -3.70. The largest absolute Gasteiger partial charge is 0.354 e. The summed E-state index contributed by atoms with van der Waals surface area (Å²) in [5.74, 6) is 1.10. The highest BCUT2D eigenvalue weighted by molar-refractivity contribution is 8.00. The average molecular weight is 404 g/mol. The second-order valence-electron chi connectivity index (χ2n) is 7.65. The Morgan fingerprint density at radius 1 is 1.14 bits per heavy atom. The van der Waals surface area contributed by atoms with Gasteiger partial charge in [-0.2, -0.15) is 8.42 Å². The van der Waals surface area contributed by atoms with Crippen molar-refractivity contribution >= 4 is 26.7 Å². The van der Waals surface area contributed by atoms with Crippen molar-refractivity contribution in [2.45, 2.75) is 40.0 Å². The summed E-state index contributed by atoms with van der Waals surface area (Å²) in [6.45, 7) is 8.62. The zero-order valence-corrected chi connectivity index (χ0v) is 17.7. The summed E-state index contributed by atoms with van der Waals surface area (Å²) in [5, 5.41) is 0. The molecule has 0 aromatic heterocycles. The van der Waals surface area contributed by atoms with Crippen molar-refractivity contribution in [2.75, 3.05) is 26.2 Å². The Morgan fingerprint density at radius 2 is 1.86 bits per heavy atom. The van der Waals surface area contributed by atoms with Gasteiger partial charge in [-0.25, -0.2) is 0 Å². The number of rotatable bonds is 4. The fourth-order valence-corrected chi connectivity index (χ4v) is 5.21. The first-order chi connectivity index (χ1) is 13.3. The first-order valence-corrected chi connectivity index (χ1v) is 11.4. The van der Waals surface area contributed by atoms with Gasteiger partial charge in [-0.15, -0.1) is 4.40 Å². The highest BCUT2D eigenvalue weighted by atomic mass is 32.2. The van der Waals surface area contributed by atoms with Crippen molar-refractivity contribution in [1.82, 2.24) is 9.80 Å². The summed E-state index contributed by atoms with van der Waals surface area (Å²) in [5.41, 5.74) is 1.35. The maximum absolute atomic E-state index is 12.7. The summed E-state index contributed by atoms with van der Waals surface area (Å²) >= 11 is 0. The molecule has 152 valence electrons. The molecule has 1 fully saturated rings. The molecule has 2 aliphatic rings. The predicted octanol–water partition coefficient (Wildman–Crippen LogP) is 3.13. The first-order valence-electron chi connectivity index (χ1n) is 9.98. The topological polar surface area (TPSA) is 70.1 Å². The van der Waals surface area contributed by atoms with Gasteiger partial charge >= 0.3 is 0 Å². The van der Waals surface area contributed by atoms with Crippen LogP contribution >= 0.6 is 0 Å². The van der Waals surface area contributed by atoms with E-state index in [4.69, 9.17) is 0 Å². The summed E-state index contributed by atoms with van der Waals surface area (Å²) in [4.78, 5) is 16.7. The number of amidine groups is 1. The summed E-state index contributed by atoms with van der Waals surface area (Å²) < 4.78 is 29.5. The van der Waals surface area contributed by atoms with Gasteiger partial charge in [-0.1, -0.05) is 50.6 Å². The van der Waals surface area contributed by atoms with Gasteiger partial charge in [0.25, 0.3) is 10.0 Å². The van der Waals surface area contributed by atoms with Crippen LogP contribution in [0.1, 0.15) is 45.6 Å². The molecule has 6 nitrogen and oxygen atoms in total. The quantitative estimate of drug-likeness (QED) is 0.774. The Kier molecular flexibility index (Phi) is 6.23. The van der Waals surface area contributed by atoms with Gasteiger partial charge in [0.05, 0.1) is 0 Å². The van der Waals surface area contributed by atoms with Crippen LogP contribution in [0.4, 0.5) is 0 Å². The number of hydrogen-bond acceptors (Lipinski definition) is 4. The van der Waals surface area contributed by atoms with Gasteiger partial charge in [0, 0.05) is 38.2 Å². The minimum absolute atomic E-state index is 0.189. The molecular weight excluding hydrogens is 374 g/mol. The Bertz CT molecular complexity index is 891. The summed E-state index contributed by atoms with van der Waals surface area (Å²) in [6.07, 6.45) is 2.37. The smallest absolute Gasteiger partial charge is 0.285 e. The van der Waals surface area contributed by atoms with E-state index in [0.29, 0.717) is 55.5 Å². The SMILES string of the molecule is CCC(C)CC(=O)N1CCCN(C2=NS(=O)(=O)C(c3ccccc3)=C2C)CC1. The Hall–Kier alpha value is -2.15. The summed E-state index contributed by atoms with van der Waals surface area (Å²) in [6, 6.07) is 9.12. The molecular formula is C21H29N3O3S. The molecule has 1 aromatic carbocycles. The molecule has 28 heavy (non-hydrogen) atoms. The molecule has 1 unspecified atom stereocenters. The second-order valence-corrected chi connectivity index (χ2v) is 9.19. The molecule has 3 rings (SSSR count). The molecule has 2 aliphatic heterocycles. The van der Waals surface area contributed by atoms with E-state index in [1.165, 1.54) is 0 Å². The fourth-order valence-electron chi connectivity index (χ4n) is 3.72. The second kappa shape index (κ2) is 8.47.